The minimum absolute atomic E-state index is 0.00395. The van der Waals surface area contributed by atoms with Gasteiger partial charge in [0, 0.05) is 17.3 Å². The van der Waals surface area contributed by atoms with E-state index in [2.05, 4.69) is 25.1 Å². The zero-order valence-corrected chi connectivity index (χ0v) is 26.4. The van der Waals surface area contributed by atoms with E-state index in [4.69, 9.17) is 5.11 Å². The van der Waals surface area contributed by atoms with Crippen molar-refractivity contribution in [1.82, 2.24) is 10.3 Å². The van der Waals surface area contributed by atoms with E-state index < -0.39 is 54.3 Å². The summed E-state index contributed by atoms with van der Waals surface area (Å²) in [6, 6.07) is 15.0. The molecule has 16 heteroatoms. The normalized spacial score (nSPS) is 17.4. The lowest BCUT2D eigenvalue weighted by Crippen LogP contribution is -2.41. The Morgan fingerprint density at radius 2 is 1.69 bits per heavy atom. The molecule has 0 saturated heterocycles. The minimum atomic E-state index is -4.54. The van der Waals surface area contributed by atoms with Crippen LogP contribution in [0.5, 0.6) is 5.75 Å². The second kappa shape index (κ2) is 13.6. The number of carboxylic acid groups (broad SMARTS) is 1. The summed E-state index contributed by atoms with van der Waals surface area (Å²) in [5.74, 6) is -2.42. The standard InChI is InChI=1S/C33H30F4N4O7S/c34-32(35)23-14-24-27(15-26(23)47-33(36,37)48-32)49-30(39-24)40-31(46)41(22-12-10-20(11-13-22)19-4-2-1-3-5-19)17-18-6-8-21(9-7-18)28(43)38-16-25(42)29(44)45/h6-15,19,25,42H,1-5,16-17H2,(H,38,43)(H,44,45)(H,39,40,46)/t25-/m1/s1. The van der Waals surface area contributed by atoms with E-state index in [1.165, 1.54) is 23.5 Å². The summed E-state index contributed by atoms with van der Waals surface area (Å²) < 4.78 is 63.9. The SMILES string of the molecule is O=C(NC[C@@H](O)C(=O)O)c1ccc(CN(C(=O)Nc2nc3cc4c(cc3s2)OC(F)(F)OC4(F)F)c2ccc(C3CCCCC3)cc2)cc1. The molecule has 49 heavy (non-hydrogen) atoms. The van der Waals surface area contributed by atoms with E-state index in [0.29, 0.717) is 17.2 Å². The number of aliphatic hydroxyl groups is 1. The number of thiazole rings is 1. The van der Waals surface area contributed by atoms with Crippen molar-refractivity contribution >= 4 is 50.3 Å². The third-order valence-corrected chi connectivity index (χ3v) is 9.25. The summed E-state index contributed by atoms with van der Waals surface area (Å²) in [6.45, 7) is -0.454. The molecule has 1 aliphatic heterocycles. The van der Waals surface area contributed by atoms with Crippen molar-refractivity contribution in [3.05, 3.63) is 82.9 Å². The molecule has 1 aliphatic carbocycles. The Bertz CT molecular complexity index is 1870. The van der Waals surface area contributed by atoms with Crippen molar-refractivity contribution < 1.29 is 51.6 Å². The quantitative estimate of drug-likeness (QED) is 0.140. The first-order valence-corrected chi connectivity index (χ1v) is 16.2. The Labute approximate surface area is 280 Å². The number of halogens is 4. The fourth-order valence-corrected chi connectivity index (χ4v) is 6.66. The zero-order valence-electron chi connectivity index (χ0n) is 25.6. The van der Waals surface area contributed by atoms with Gasteiger partial charge in [-0.05, 0) is 60.2 Å². The van der Waals surface area contributed by atoms with Gasteiger partial charge >= 0.3 is 24.4 Å². The second-order valence-electron chi connectivity index (χ2n) is 11.7. The van der Waals surface area contributed by atoms with Gasteiger partial charge in [-0.2, -0.15) is 8.78 Å². The van der Waals surface area contributed by atoms with E-state index in [-0.39, 0.29) is 27.5 Å². The number of aliphatic hydroxyl groups excluding tert-OH is 1. The highest BCUT2D eigenvalue weighted by Crippen LogP contribution is 2.48. The summed E-state index contributed by atoms with van der Waals surface area (Å²) in [5, 5.41) is 23.3. The van der Waals surface area contributed by atoms with Crippen LogP contribution in [0.4, 0.5) is 33.2 Å². The number of fused-ring (bicyclic) bond motifs is 2. The molecule has 3 aromatic carbocycles. The van der Waals surface area contributed by atoms with Crippen LogP contribution in [0.25, 0.3) is 10.2 Å². The number of hydrogen-bond acceptors (Lipinski definition) is 8. The Balaban J connectivity index is 1.24. The van der Waals surface area contributed by atoms with Gasteiger partial charge in [-0.25, -0.2) is 19.3 Å². The number of benzene rings is 3. The smallest absolute Gasteiger partial charge is 0.479 e. The Morgan fingerprint density at radius 3 is 2.37 bits per heavy atom. The van der Waals surface area contributed by atoms with Crippen molar-refractivity contribution in [3.63, 3.8) is 0 Å². The number of aliphatic carboxylic acids is 1. The third kappa shape index (κ3) is 7.76. The Kier molecular flexibility index (Phi) is 9.46. The number of ether oxygens (including phenoxy) is 2. The topological polar surface area (TPSA) is 150 Å². The van der Waals surface area contributed by atoms with Crippen molar-refractivity contribution in [1.29, 1.82) is 0 Å². The van der Waals surface area contributed by atoms with Crippen LogP contribution in [-0.4, -0.2) is 52.0 Å². The molecule has 0 bridgehead atoms. The predicted molar refractivity (Wildman–Crippen MR) is 170 cm³/mol. The Hall–Kier alpha value is -4.80. The van der Waals surface area contributed by atoms with Gasteiger partial charge in [-0.1, -0.05) is 54.9 Å². The fraction of sp³-hybridized carbons (Fsp3) is 0.333. The van der Waals surface area contributed by atoms with E-state index in [9.17, 15) is 37.1 Å². The molecular formula is C33H30F4N4O7S. The number of rotatable bonds is 9. The largest absolute Gasteiger partial charge is 0.540 e. The number of amides is 3. The highest BCUT2D eigenvalue weighted by Gasteiger charge is 2.54. The van der Waals surface area contributed by atoms with E-state index in [1.54, 1.807) is 12.1 Å². The molecular weight excluding hydrogens is 672 g/mol. The van der Waals surface area contributed by atoms with Gasteiger partial charge in [-0.15, -0.1) is 8.78 Å². The first-order valence-electron chi connectivity index (χ1n) is 15.3. The fourth-order valence-electron chi connectivity index (χ4n) is 5.80. The highest BCUT2D eigenvalue weighted by atomic mass is 32.1. The van der Waals surface area contributed by atoms with Crippen LogP contribution < -0.4 is 20.3 Å². The third-order valence-electron chi connectivity index (χ3n) is 8.32. The minimum Gasteiger partial charge on any atom is -0.479 e. The average molecular weight is 703 g/mol. The monoisotopic (exact) mass is 702 g/mol. The lowest BCUT2D eigenvalue weighted by Gasteiger charge is -2.30. The molecule has 0 radical (unpaired) electrons. The van der Waals surface area contributed by atoms with E-state index in [1.807, 2.05) is 24.3 Å². The number of carboxylic acids is 1. The molecule has 2 heterocycles. The maximum atomic E-state index is 14.3. The van der Waals surface area contributed by atoms with Gasteiger partial charge < -0.3 is 20.3 Å². The summed E-state index contributed by atoms with van der Waals surface area (Å²) >= 11 is 0.873. The first-order chi connectivity index (χ1) is 23.3. The van der Waals surface area contributed by atoms with Crippen molar-refractivity contribution in [3.8, 4) is 5.75 Å². The van der Waals surface area contributed by atoms with Gasteiger partial charge in [0.05, 0.1) is 28.9 Å². The van der Waals surface area contributed by atoms with Crippen molar-refractivity contribution in [2.45, 2.75) is 63.1 Å². The van der Waals surface area contributed by atoms with Crippen LogP contribution in [0.15, 0.2) is 60.7 Å². The molecule has 1 atom stereocenters. The number of nitrogens with zero attached hydrogens (tertiary/aromatic N) is 2. The molecule has 6 rings (SSSR count). The van der Waals surface area contributed by atoms with Crippen molar-refractivity contribution in [2.75, 3.05) is 16.8 Å². The van der Waals surface area contributed by atoms with Gasteiger partial charge in [-0.3, -0.25) is 15.0 Å². The van der Waals surface area contributed by atoms with Gasteiger partial charge in [0.2, 0.25) is 0 Å². The van der Waals surface area contributed by atoms with Crippen LogP contribution in [0, 0.1) is 0 Å². The summed E-state index contributed by atoms with van der Waals surface area (Å²) in [4.78, 5) is 42.7. The second-order valence-corrected chi connectivity index (χ2v) is 12.8. The molecule has 258 valence electrons. The molecule has 11 nitrogen and oxygen atoms in total. The van der Waals surface area contributed by atoms with Crippen LogP contribution in [0.2, 0.25) is 0 Å². The predicted octanol–water partition coefficient (Wildman–Crippen LogP) is 6.77. The zero-order chi connectivity index (χ0) is 34.9. The van der Waals surface area contributed by atoms with Crippen LogP contribution in [0.3, 0.4) is 0 Å². The van der Waals surface area contributed by atoms with Crippen molar-refractivity contribution in [2.24, 2.45) is 0 Å². The van der Waals surface area contributed by atoms with Gasteiger partial charge in [0.1, 0.15) is 5.75 Å². The summed E-state index contributed by atoms with van der Waals surface area (Å²) in [5.41, 5.74) is 1.59. The summed E-state index contributed by atoms with van der Waals surface area (Å²) in [6.07, 6.45) is -4.95. The lowest BCUT2D eigenvalue weighted by atomic mass is 9.84. The number of anilines is 2. The average Bonchev–Trinajstić information content (AvgIpc) is 3.46. The molecule has 3 amide bonds. The molecule has 2 aliphatic rings. The maximum absolute atomic E-state index is 14.3. The molecule has 1 saturated carbocycles. The Morgan fingerprint density at radius 1 is 1.00 bits per heavy atom. The number of carbonyl (C=O) groups excluding carboxylic acids is 2. The molecule has 0 spiro atoms. The van der Waals surface area contributed by atoms with Crippen LogP contribution in [0.1, 0.15) is 65.1 Å². The van der Waals surface area contributed by atoms with E-state index in [0.717, 1.165) is 54.7 Å². The molecule has 4 N–H and O–H groups in total. The van der Waals surface area contributed by atoms with Gasteiger partial charge in [0.25, 0.3) is 5.91 Å². The summed E-state index contributed by atoms with van der Waals surface area (Å²) in [7, 11) is 0. The lowest BCUT2D eigenvalue weighted by molar-refractivity contribution is -0.461. The number of nitrogens with one attached hydrogen (secondary N) is 2. The number of alkyl halides is 4. The number of urea groups is 1. The van der Waals surface area contributed by atoms with Gasteiger partial charge in [0.15, 0.2) is 11.2 Å². The molecule has 4 aromatic rings. The number of hydrogen-bond donors (Lipinski definition) is 4. The first kappa shape index (κ1) is 34.1. The molecule has 1 fully saturated rings. The number of carbonyl (C=O) groups is 3. The number of aromatic nitrogens is 1. The molecule has 0 unspecified atom stereocenters. The highest BCUT2D eigenvalue weighted by molar-refractivity contribution is 7.22. The van der Waals surface area contributed by atoms with Crippen LogP contribution >= 0.6 is 11.3 Å². The molecule has 1 aromatic heterocycles. The van der Waals surface area contributed by atoms with E-state index >= 15 is 0 Å². The maximum Gasteiger partial charge on any atom is 0.540 e. The van der Waals surface area contributed by atoms with Crippen LogP contribution in [-0.2, 0) is 22.2 Å².